The van der Waals surface area contributed by atoms with Gasteiger partial charge in [-0.1, -0.05) is 24.3 Å². The summed E-state index contributed by atoms with van der Waals surface area (Å²) in [6.07, 6.45) is -1.86. The van der Waals surface area contributed by atoms with Crippen LogP contribution in [0.5, 0.6) is 5.75 Å². The highest BCUT2D eigenvalue weighted by Crippen LogP contribution is 2.24. The number of hydrogen-bond donors (Lipinski definition) is 1. The van der Waals surface area contributed by atoms with Crippen LogP contribution in [0.15, 0.2) is 54.9 Å². The van der Waals surface area contributed by atoms with Crippen LogP contribution in [0.3, 0.4) is 0 Å². The van der Waals surface area contributed by atoms with Crippen molar-refractivity contribution in [2.75, 3.05) is 0 Å². The van der Waals surface area contributed by atoms with Crippen LogP contribution in [0.2, 0.25) is 0 Å². The molecule has 0 saturated carbocycles. The van der Waals surface area contributed by atoms with Gasteiger partial charge in [0.15, 0.2) is 5.82 Å². The first kappa shape index (κ1) is 19.4. The Morgan fingerprint density at radius 3 is 2.43 bits per heavy atom. The lowest BCUT2D eigenvalue weighted by Crippen LogP contribution is -2.26. The predicted molar refractivity (Wildman–Crippen MR) is 95.8 cm³/mol. The molecule has 0 aliphatic rings. The number of benzene rings is 2. The summed E-state index contributed by atoms with van der Waals surface area (Å²) in [7, 11) is 0. The van der Waals surface area contributed by atoms with Crippen LogP contribution in [0.25, 0.3) is 17.1 Å². The Balaban J connectivity index is 1.70. The van der Waals surface area contributed by atoms with Gasteiger partial charge in [0.2, 0.25) is 6.41 Å². The number of carbonyl (C=O) groups excluding carboxylic acids is 1. The average molecular weight is 390 g/mol. The van der Waals surface area contributed by atoms with Gasteiger partial charge in [-0.2, -0.15) is 0 Å². The highest BCUT2D eigenvalue weighted by Gasteiger charge is 2.30. The number of nitrogens with zero attached hydrogens (tertiary/aromatic N) is 3. The fourth-order valence-corrected chi connectivity index (χ4v) is 2.64. The van der Waals surface area contributed by atoms with E-state index in [0.717, 1.165) is 11.1 Å². The zero-order valence-electron chi connectivity index (χ0n) is 14.8. The van der Waals surface area contributed by atoms with E-state index in [9.17, 15) is 18.0 Å². The molecule has 9 heteroatoms. The summed E-state index contributed by atoms with van der Waals surface area (Å²) in [5.74, 6) is 0.187. The molecule has 0 aliphatic heterocycles. The van der Waals surface area contributed by atoms with E-state index < -0.39 is 6.36 Å². The third-order valence-corrected chi connectivity index (χ3v) is 3.93. The first-order valence-electron chi connectivity index (χ1n) is 8.41. The van der Waals surface area contributed by atoms with Gasteiger partial charge in [0.05, 0.1) is 5.69 Å². The lowest BCUT2D eigenvalue weighted by molar-refractivity contribution is -0.274. The number of rotatable bonds is 7. The van der Waals surface area contributed by atoms with Gasteiger partial charge in [-0.15, -0.1) is 18.3 Å². The fraction of sp³-hybridized carbons (Fsp3) is 0.211. The highest BCUT2D eigenvalue weighted by molar-refractivity contribution is 5.55. The molecule has 0 bridgehead atoms. The second-order valence-electron chi connectivity index (χ2n) is 6.14. The molecule has 0 saturated heterocycles. The largest absolute Gasteiger partial charge is 0.573 e. The van der Waals surface area contributed by atoms with Gasteiger partial charge in [-0.3, -0.25) is 4.79 Å². The summed E-state index contributed by atoms with van der Waals surface area (Å²) < 4.78 is 42.0. The number of amides is 1. The molecule has 1 unspecified atom stereocenters. The quantitative estimate of drug-likeness (QED) is 0.627. The molecule has 0 radical (unpaired) electrons. The number of hydrogen-bond acceptors (Lipinski definition) is 4. The van der Waals surface area contributed by atoms with E-state index in [2.05, 4.69) is 20.1 Å². The van der Waals surface area contributed by atoms with E-state index in [1.165, 1.54) is 35.3 Å². The molecule has 1 heterocycles. The van der Waals surface area contributed by atoms with Crippen LogP contribution in [-0.4, -0.2) is 33.6 Å². The van der Waals surface area contributed by atoms with Crippen LogP contribution in [0, 0.1) is 0 Å². The smallest absolute Gasteiger partial charge is 0.406 e. The van der Waals surface area contributed by atoms with Crippen LogP contribution >= 0.6 is 0 Å². The van der Waals surface area contributed by atoms with Gasteiger partial charge < -0.3 is 10.1 Å². The van der Waals surface area contributed by atoms with Gasteiger partial charge >= 0.3 is 6.36 Å². The van der Waals surface area contributed by atoms with Gasteiger partial charge in [-0.25, -0.2) is 9.67 Å². The van der Waals surface area contributed by atoms with E-state index in [0.29, 0.717) is 24.3 Å². The predicted octanol–water partition coefficient (Wildman–Crippen LogP) is 3.51. The molecular formula is C19H17F3N4O2. The summed E-state index contributed by atoms with van der Waals surface area (Å²) in [5, 5.41) is 7.06. The van der Waals surface area contributed by atoms with E-state index in [1.807, 2.05) is 31.2 Å². The molecule has 0 fully saturated rings. The Bertz CT molecular complexity index is 922. The molecule has 2 aromatic carbocycles. The molecule has 0 spiro atoms. The van der Waals surface area contributed by atoms with E-state index in [-0.39, 0.29) is 11.8 Å². The molecular weight excluding hydrogens is 373 g/mol. The van der Waals surface area contributed by atoms with Crippen molar-refractivity contribution in [3.05, 3.63) is 60.4 Å². The fourth-order valence-electron chi connectivity index (χ4n) is 2.64. The lowest BCUT2D eigenvalue weighted by Gasteiger charge is -2.10. The highest BCUT2D eigenvalue weighted by atomic mass is 19.4. The van der Waals surface area contributed by atoms with Crippen molar-refractivity contribution >= 4 is 6.41 Å². The van der Waals surface area contributed by atoms with Crippen molar-refractivity contribution in [1.29, 1.82) is 0 Å². The first-order chi connectivity index (χ1) is 13.3. The minimum atomic E-state index is -4.73. The van der Waals surface area contributed by atoms with Crippen molar-refractivity contribution in [2.45, 2.75) is 25.7 Å². The first-order valence-corrected chi connectivity index (χ1v) is 8.41. The van der Waals surface area contributed by atoms with Crippen molar-refractivity contribution in [2.24, 2.45) is 0 Å². The SMILES string of the molecule is CC(Cc1ccc(-c2ncn(-c3ccc(OC(F)(F)F)cc3)n2)cc1)NC=O. The van der Waals surface area contributed by atoms with Crippen LogP contribution in [-0.2, 0) is 11.2 Å². The molecule has 0 aliphatic carbocycles. The number of carbonyl (C=O) groups is 1. The molecule has 1 N–H and O–H groups in total. The monoisotopic (exact) mass is 390 g/mol. The molecule has 6 nitrogen and oxygen atoms in total. The maximum Gasteiger partial charge on any atom is 0.573 e. The maximum absolute atomic E-state index is 12.2. The van der Waals surface area contributed by atoms with Crippen LogP contribution < -0.4 is 10.1 Å². The van der Waals surface area contributed by atoms with E-state index in [4.69, 9.17) is 0 Å². The standard InChI is InChI=1S/C19H17F3N4O2/c1-13(24-12-27)10-14-2-4-15(5-3-14)18-23-11-26(25-18)16-6-8-17(9-7-16)28-19(20,21)22/h2-9,11-13H,10H2,1H3,(H,24,27). The zero-order valence-corrected chi connectivity index (χ0v) is 14.8. The Labute approximate surface area is 159 Å². The van der Waals surface area contributed by atoms with Crippen molar-refractivity contribution in [1.82, 2.24) is 20.1 Å². The van der Waals surface area contributed by atoms with Crippen molar-refractivity contribution in [3.63, 3.8) is 0 Å². The van der Waals surface area contributed by atoms with Crippen molar-refractivity contribution < 1.29 is 22.7 Å². The minimum absolute atomic E-state index is 0.0324. The number of halogens is 3. The maximum atomic E-state index is 12.2. The summed E-state index contributed by atoms with van der Waals surface area (Å²) >= 11 is 0. The molecule has 1 aromatic heterocycles. The van der Waals surface area contributed by atoms with Gasteiger partial charge in [0, 0.05) is 11.6 Å². The lowest BCUT2D eigenvalue weighted by atomic mass is 10.1. The van der Waals surface area contributed by atoms with Gasteiger partial charge in [0.25, 0.3) is 0 Å². The number of aromatic nitrogens is 3. The van der Waals surface area contributed by atoms with E-state index >= 15 is 0 Å². The normalized spacial score (nSPS) is 12.4. The summed E-state index contributed by atoms with van der Waals surface area (Å²) in [5.41, 5.74) is 2.42. The second kappa shape index (κ2) is 8.12. The Morgan fingerprint density at radius 1 is 1.14 bits per heavy atom. The molecule has 28 heavy (non-hydrogen) atoms. The Hall–Kier alpha value is -3.36. The number of nitrogens with one attached hydrogen (secondary N) is 1. The third kappa shape index (κ3) is 5.09. The van der Waals surface area contributed by atoms with Crippen LogP contribution in [0.4, 0.5) is 13.2 Å². The molecule has 3 aromatic rings. The zero-order chi connectivity index (χ0) is 20.1. The summed E-state index contributed by atoms with van der Waals surface area (Å²) in [4.78, 5) is 14.7. The van der Waals surface area contributed by atoms with Crippen LogP contribution in [0.1, 0.15) is 12.5 Å². The average Bonchev–Trinajstić information content (AvgIpc) is 3.12. The Morgan fingerprint density at radius 2 is 1.82 bits per heavy atom. The van der Waals surface area contributed by atoms with Gasteiger partial charge in [0.1, 0.15) is 12.1 Å². The number of alkyl halides is 3. The molecule has 3 rings (SSSR count). The summed E-state index contributed by atoms with van der Waals surface area (Å²) in [6, 6.07) is 13.0. The molecule has 146 valence electrons. The third-order valence-electron chi connectivity index (χ3n) is 3.93. The number of ether oxygens (including phenoxy) is 1. The van der Waals surface area contributed by atoms with Crippen molar-refractivity contribution in [3.8, 4) is 22.8 Å². The van der Waals surface area contributed by atoms with E-state index in [1.54, 1.807) is 0 Å². The Kier molecular flexibility index (Phi) is 5.62. The minimum Gasteiger partial charge on any atom is -0.406 e. The molecule has 1 atom stereocenters. The second-order valence-corrected chi connectivity index (χ2v) is 6.14. The summed E-state index contributed by atoms with van der Waals surface area (Å²) in [6.45, 7) is 1.91. The molecule has 1 amide bonds. The van der Waals surface area contributed by atoms with Gasteiger partial charge in [-0.05, 0) is 43.2 Å². The topological polar surface area (TPSA) is 69.0 Å².